The highest BCUT2D eigenvalue weighted by Crippen LogP contribution is 2.40. The molecule has 2 heterocycles. The lowest BCUT2D eigenvalue weighted by atomic mass is 9.84. The van der Waals surface area contributed by atoms with Gasteiger partial charge in [0.25, 0.3) is 0 Å². The molecule has 138 valence electrons. The summed E-state index contributed by atoms with van der Waals surface area (Å²) in [6.07, 6.45) is 3.34. The molecule has 0 bridgehead atoms. The molecule has 1 saturated heterocycles. The quantitative estimate of drug-likeness (QED) is 0.770. The third-order valence-electron chi connectivity index (χ3n) is 5.55. The number of hydrogen-bond donors (Lipinski definition) is 0. The zero-order valence-electron chi connectivity index (χ0n) is 14.7. The molecule has 0 aliphatic carbocycles. The monoisotopic (exact) mass is 391 g/mol. The van der Waals surface area contributed by atoms with Gasteiger partial charge in [-0.2, -0.15) is 4.31 Å². The van der Waals surface area contributed by atoms with Crippen molar-refractivity contribution >= 4 is 21.6 Å². The lowest BCUT2D eigenvalue weighted by molar-refractivity contribution is 0.00181. The van der Waals surface area contributed by atoms with Crippen LogP contribution in [0.2, 0.25) is 5.02 Å². The maximum Gasteiger partial charge on any atom is 0.243 e. The van der Waals surface area contributed by atoms with Gasteiger partial charge >= 0.3 is 0 Å². The van der Waals surface area contributed by atoms with Gasteiger partial charge in [-0.05, 0) is 49.1 Å². The maximum atomic E-state index is 13.1. The minimum Gasteiger partial charge on any atom is -0.487 e. The number of para-hydroxylation sites is 1. The van der Waals surface area contributed by atoms with E-state index in [0.29, 0.717) is 35.8 Å². The van der Waals surface area contributed by atoms with Crippen molar-refractivity contribution < 1.29 is 13.2 Å². The number of fused-ring (bicyclic) bond motifs is 1. The molecule has 0 aromatic heterocycles. The van der Waals surface area contributed by atoms with Crippen molar-refractivity contribution in [2.75, 3.05) is 13.1 Å². The molecular weight excluding hydrogens is 370 g/mol. The van der Waals surface area contributed by atoms with Crippen molar-refractivity contribution in [2.24, 2.45) is 0 Å². The number of hydrogen-bond acceptors (Lipinski definition) is 3. The van der Waals surface area contributed by atoms with E-state index in [1.54, 1.807) is 29.4 Å². The first-order valence-electron chi connectivity index (χ1n) is 8.93. The predicted molar refractivity (Wildman–Crippen MR) is 102 cm³/mol. The third kappa shape index (κ3) is 3.13. The summed E-state index contributed by atoms with van der Waals surface area (Å²) in [5, 5.41) is 0.440. The van der Waals surface area contributed by atoms with E-state index in [4.69, 9.17) is 16.3 Å². The summed E-state index contributed by atoms with van der Waals surface area (Å²) >= 11 is 6.02. The largest absolute Gasteiger partial charge is 0.487 e. The van der Waals surface area contributed by atoms with Gasteiger partial charge in [0.15, 0.2) is 0 Å². The first-order valence-corrected chi connectivity index (χ1v) is 10.7. The molecule has 0 unspecified atom stereocenters. The second-order valence-corrected chi connectivity index (χ2v) is 9.55. The van der Waals surface area contributed by atoms with E-state index in [2.05, 4.69) is 6.07 Å². The first kappa shape index (κ1) is 17.8. The molecule has 1 spiro atoms. The summed E-state index contributed by atoms with van der Waals surface area (Å²) in [6, 6.07) is 13.1. The van der Waals surface area contributed by atoms with Crippen LogP contribution >= 0.6 is 11.6 Å². The number of piperidine rings is 1. The highest BCUT2D eigenvalue weighted by molar-refractivity contribution is 7.89. The smallest absolute Gasteiger partial charge is 0.243 e. The van der Waals surface area contributed by atoms with E-state index in [1.807, 2.05) is 18.2 Å². The summed E-state index contributed by atoms with van der Waals surface area (Å²) in [5.41, 5.74) is 1.71. The number of halogens is 1. The van der Waals surface area contributed by atoms with Gasteiger partial charge in [-0.15, -0.1) is 0 Å². The fraction of sp³-hybridized carbons (Fsp3) is 0.400. The molecule has 4 nitrogen and oxygen atoms in total. The summed E-state index contributed by atoms with van der Waals surface area (Å²) in [5.74, 6) is 0.945. The summed E-state index contributed by atoms with van der Waals surface area (Å²) in [6.45, 7) is 2.74. The van der Waals surface area contributed by atoms with Crippen molar-refractivity contribution in [3.8, 4) is 5.75 Å². The van der Waals surface area contributed by atoms with Crippen LogP contribution in [0.25, 0.3) is 0 Å². The predicted octanol–water partition coefficient (Wildman–Crippen LogP) is 4.20. The van der Waals surface area contributed by atoms with Crippen LogP contribution in [0.4, 0.5) is 0 Å². The van der Waals surface area contributed by atoms with Crippen LogP contribution < -0.4 is 4.74 Å². The highest BCUT2D eigenvalue weighted by atomic mass is 35.5. The topological polar surface area (TPSA) is 46.6 Å². The second-order valence-electron chi connectivity index (χ2n) is 7.21. The van der Waals surface area contributed by atoms with Crippen LogP contribution in [0, 0.1) is 6.92 Å². The van der Waals surface area contributed by atoms with Crippen LogP contribution in [0.1, 0.15) is 30.4 Å². The summed E-state index contributed by atoms with van der Waals surface area (Å²) in [4.78, 5) is 0.302. The summed E-state index contributed by atoms with van der Waals surface area (Å²) in [7, 11) is -3.54. The number of aryl methyl sites for hydroxylation is 2. The second kappa shape index (κ2) is 6.55. The molecule has 2 aromatic rings. The Morgan fingerprint density at radius 3 is 2.58 bits per heavy atom. The average Bonchev–Trinajstić information content (AvgIpc) is 2.64. The molecular formula is C20H22ClNO3S. The van der Waals surface area contributed by atoms with Crippen LogP contribution in [0.15, 0.2) is 47.4 Å². The number of benzene rings is 2. The highest BCUT2D eigenvalue weighted by Gasteiger charge is 2.42. The van der Waals surface area contributed by atoms with Crippen LogP contribution in [0.3, 0.4) is 0 Å². The van der Waals surface area contributed by atoms with Gasteiger partial charge in [-0.1, -0.05) is 35.9 Å². The van der Waals surface area contributed by atoms with Gasteiger partial charge in [0.2, 0.25) is 10.0 Å². The van der Waals surface area contributed by atoms with Crippen molar-refractivity contribution in [2.45, 2.75) is 43.1 Å². The van der Waals surface area contributed by atoms with E-state index in [9.17, 15) is 8.42 Å². The van der Waals surface area contributed by atoms with Gasteiger partial charge in [0, 0.05) is 31.0 Å². The molecule has 6 heteroatoms. The van der Waals surface area contributed by atoms with E-state index in [0.717, 1.165) is 24.2 Å². The Labute approximate surface area is 159 Å². The molecule has 0 amide bonds. The van der Waals surface area contributed by atoms with E-state index in [-0.39, 0.29) is 5.60 Å². The normalized spacial score (nSPS) is 19.8. The number of nitrogens with zero attached hydrogens (tertiary/aromatic N) is 1. The molecule has 1 fully saturated rings. The fourth-order valence-corrected chi connectivity index (χ4v) is 5.86. The van der Waals surface area contributed by atoms with Gasteiger partial charge < -0.3 is 4.74 Å². The third-order valence-corrected chi connectivity index (χ3v) is 7.83. The van der Waals surface area contributed by atoms with Crippen LogP contribution in [0.5, 0.6) is 5.75 Å². The Balaban J connectivity index is 1.53. The molecule has 2 aromatic carbocycles. The van der Waals surface area contributed by atoms with E-state index >= 15 is 0 Å². The first-order chi connectivity index (χ1) is 12.4. The molecule has 2 aliphatic heterocycles. The zero-order valence-corrected chi connectivity index (χ0v) is 16.3. The van der Waals surface area contributed by atoms with Gasteiger partial charge in [0.05, 0.1) is 4.90 Å². The van der Waals surface area contributed by atoms with Crippen LogP contribution in [-0.4, -0.2) is 31.4 Å². The van der Waals surface area contributed by atoms with Crippen molar-refractivity contribution in [1.29, 1.82) is 0 Å². The Kier molecular flexibility index (Phi) is 4.49. The van der Waals surface area contributed by atoms with Gasteiger partial charge in [0.1, 0.15) is 11.4 Å². The molecule has 2 aliphatic rings. The molecule has 26 heavy (non-hydrogen) atoms. The lowest BCUT2D eigenvalue weighted by Gasteiger charge is -2.44. The van der Waals surface area contributed by atoms with Crippen molar-refractivity contribution in [3.05, 3.63) is 58.6 Å². The molecule has 0 atom stereocenters. The van der Waals surface area contributed by atoms with Crippen LogP contribution in [-0.2, 0) is 16.4 Å². The maximum absolute atomic E-state index is 13.1. The van der Waals surface area contributed by atoms with Crippen molar-refractivity contribution in [3.63, 3.8) is 0 Å². The van der Waals surface area contributed by atoms with E-state index in [1.165, 1.54) is 5.56 Å². The number of ether oxygens (including phenoxy) is 1. The minimum absolute atomic E-state index is 0.246. The number of sulfonamides is 1. The lowest BCUT2D eigenvalue weighted by Crippen LogP contribution is -2.51. The molecule has 4 rings (SSSR count). The van der Waals surface area contributed by atoms with Gasteiger partial charge in [-0.25, -0.2) is 8.42 Å². The Hall–Kier alpha value is -1.56. The Bertz CT molecular complexity index is 934. The minimum atomic E-state index is -3.54. The Morgan fingerprint density at radius 1 is 1.08 bits per heavy atom. The zero-order chi connectivity index (χ0) is 18.4. The Morgan fingerprint density at radius 2 is 1.81 bits per heavy atom. The standard InChI is InChI=1S/C20H22ClNO3S/c1-15-6-7-17(21)14-19(15)26(23,24)22-12-10-20(11-13-22)9-8-16-4-2-3-5-18(16)25-20/h2-7,14H,8-13H2,1H3. The molecule has 0 radical (unpaired) electrons. The SMILES string of the molecule is Cc1ccc(Cl)cc1S(=O)(=O)N1CCC2(CCc3ccccc3O2)CC1. The molecule has 0 N–H and O–H groups in total. The van der Waals surface area contributed by atoms with Gasteiger partial charge in [-0.3, -0.25) is 0 Å². The van der Waals surface area contributed by atoms with Crippen molar-refractivity contribution in [1.82, 2.24) is 4.31 Å². The average molecular weight is 392 g/mol. The molecule has 0 saturated carbocycles. The summed E-state index contributed by atoms with van der Waals surface area (Å²) < 4.78 is 34.0. The fourth-order valence-electron chi connectivity index (χ4n) is 3.93. The number of rotatable bonds is 2. The van der Waals surface area contributed by atoms with E-state index < -0.39 is 10.0 Å².